The number of hydrogen-bond donors (Lipinski definition) is 0. The first-order chi connectivity index (χ1) is 5.29. The molecule has 0 bridgehead atoms. The highest BCUT2D eigenvalue weighted by Gasteiger charge is 2.01. The topological polar surface area (TPSA) is 9.23 Å². The second-order valence-corrected chi connectivity index (χ2v) is 2.02. The van der Waals surface area contributed by atoms with Crippen LogP contribution < -0.4 is 4.74 Å². The van der Waals surface area contributed by atoms with Crippen LogP contribution in [0.5, 0.6) is 5.75 Å². The Morgan fingerprint density at radius 2 is 1.82 bits per heavy atom. The van der Waals surface area contributed by atoms with E-state index in [0.717, 1.165) is 0 Å². The van der Waals surface area contributed by atoms with Crippen LogP contribution >= 0.6 is 0 Å². The molecule has 0 spiro atoms. The Labute approximate surface area is 63.6 Å². The summed E-state index contributed by atoms with van der Waals surface area (Å²) < 4.78 is 27.9. The maximum atomic E-state index is 11.6. The zero-order chi connectivity index (χ0) is 8.10. The van der Waals surface area contributed by atoms with Gasteiger partial charge in [-0.15, -0.1) is 0 Å². The molecule has 0 N–H and O–H groups in total. The molecule has 0 aliphatic rings. The molecular weight excluding hydrogens is 150 g/mol. The molecule has 0 amide bonds. The van der Waals surface area contributed by atoms with E-state index in [4.69, 9.17) is 4.74 Å². The number of rotatable bonds is 3. The van der Waals surface area contributed by atoms with Gasteiger partial charge >= 0.3 is 0 Å². The number of benzene rings is 1. The number of ether oxygens (including phenoxy) is 1. The van der Waals surface area contributed by atoms with Gasteiger partial charge in [0.15, 0.2) is 0 Å². The average molecular weight is 158 g/mol. The molecule has 1 rings (SSSR count). The van der Waals surface area contributed by atoms with Crippen molar-refractivity contribution in [2.75, 3.05) is 6.61 Å². The van der Waals surface area contributed by atoms with Crippen LogP contribution in [0.1, 0.15) is 0 Å². The summed E-state index contributed by atoms with van der Waals surface area (Å²) in [5.41, 5.74) is 0. The predicted molar refractivity (Wildman–Crippen MR) is 37.9 cm³/mol. The number of para-hydroxylation sites is 1. The van der Waals surface area contributed by atoms with Gasteiger partial charge in [0.2, 0.25) is 0 Å². The SMILES string of the molecule is FC(F)CO[12c]1ccccc1. The molecule has 0 heterocycles. The lowest BCUT2D eigenvalue weighted by Crippen LogP contribution is -2.06. The van der Waals surface area contributed by atoms with Crippen molar-refractivity contribution in [3.05, 3.63) is 30.3 Å². The molecule has 0 saturated heterocycles. The van der Waals surface area contributed by atoms with E-state index in [2.05, 4.69) is 0 Å². The average Bonchev–Trinajstić information content (AvgIpc) is 2.03. The van der Waals surface area contributed by atoms with Gasteiger partial charge in [0.25, 0.3) is 6.43 Å². The highest BCUT2D eigenvalue weighted by Crippen LogP contribution is 2.09. The highest BCUT2D eigenvalue weighted by molar-refractivity contribution is 5.20. The normalized spacial score (nSPS) is 10.1. The first kappa shape index (κ1) is 7.98. The molecule has 11 heavy (non-hydrogen) atoms. The second kappa shape index (κ2) is 3.91. The lowest BCUT2D eigenvalue weighted by Gasteiger charge is -2.03. The van der Waals surface area contributed by atoms with Gasteiger partial charge in [-0.1, -0.05) is 18.2 Å². The van der Waals surface area contributed by atoms with E-state index in [0.29, 0.717) is 5.75 Å². The maximum Gasteiger partial charge on any atom is 0.272 e. The quantitative estimate of drug-likeness (QED) is 0.656. The summed E-state index contributed by atoms with van der Waals surface area (Å²) in [6.45, 7) is -0.538. The first-order valence-corrected chi connectivity index (χ1v) is 3.25. The predicted octanol–water partition coefficient (Wildman–Crippen LogP) is 2.33. The molecule has 0 aliphatic heterocycles. The van der Waals surface area contributed by atoms with Crippen molar-refractivity contribution in [2.45, 2.75) is 6.43 Å². The molecule has 3 heteroatoms. The summed E-state index contributed by atoms with van der Waals surface area (Å²) in [6.07, 6.45) is -2.41. The number of hydrogen-bond acceptors (Lipinski definition) is 1. The lowest BCUT2D eigenvalue weighted by atomic mass is 10.3. The van der Waals surface area contributed by atoms with Crippen molar-refractivity contribution in [1.82, 2.24) is 0 Å². The zero-order valence-corrected chi connectivity index (χ0v) is 5.84. The van der Waals surface area contributed by atoms with Crippen molar-refractivity contribution in [2.24, 2.45) is 0 Å². The Kier molecular flexibility index (Phi) is 2.83. The third-order valence-corrected chi connectivity index (χ3v) is 1.12. The summed E-state index contributed by atoms with van der Waals surface area (Å²) >= 11 is 0. The van der Waals surface area contributed by atoms with E-state index in [1.54, 1.807) is 30.3 Å². The molecule has 60 valence electrons. The summed E-state index contributed by atoms with van der Waals surface area (Å²) in [7, 11) is 0. The molecule has 0 saturated carbocycles. The molecule has 0 atom stereocenters. The molecule has 0 unspecified atom stereocenters. The number of halogens is 2. The fourth-order valence-electron chi connectivity index (χ4n) is 0.676. The number of alkyl halides is 2. The molecule has 0 aromatic heterocycles. The Morgan fingerprint density at radius 3 is 2.36 bits per heavy atom. The fourth-order valence-corrected chi connectivity index (χ4v) is 0.676. The van der Waals surface area contributed by atoms with E-state index in [1.807, 2.05) is 0 Å². The smallest absolute Gasteiger partial charge is 0.272 e. The summed E-state index contributed by atoms with van der Waals surface area (Å²) in [5.74, 6) is 0.479. The van der Waals surface area contributed by atoms with Crippen LogP contribution in [0.3, 0.4) is 0 Å². The van der Waals surface area contributed by atoms with E-state index in [9.17, 15) is 8.78 Å². The third-order valence-electron chi connectivity index (χ3n) is 1.12. The van der Waals surface area contributed by atoms with Gasteiger partial charge in [-0.25, -0.2) is 8.78 Å². The van der Waals surface area contributed by atoms with Gasteiger partial charge in [-0.3, -0.25) is 0 Å². The molecule has 1 aromatic rings. The van der Waals surface area contributed by atoms with Crippen LogP contribution in [0.2, 0.25) is 0 Å². The fraction of sp³-hybridized carbons (Fsp3) is 0.250. The van der Waals surface area contributed by atoms with E-state index < -0.39 is 13.0 Å². The second-order valence-electron chi connectivity index (χ2n) is 2.02. The summed E-state index contributed by atoms with van der Waals surface area (Å²) in [4.78, 5) is 0. The minimum absolute atomic E-state index is 0.479. The molecule has 1 nitrogen and oxygen atoms in total. The van der Waals surface area contributed by atoms with Crippen molar-refractivity contribution in [1.29, 1.82) is 0 Å². The molecular formula is C8H8F2O. The molecule has 0 fully saturated rings. The Bertz CT molecular complexity index is 199. The minimum Gasteiger partial charge on any atom is -0.488 e. The van der Waals surface area contributed by atoms with Crippen LogP contribution in [0.15, 0.2) is 30.3 Å². The van der Waals surface area contributed by atoms with Crippen LogP contribution in [0, 0.1) is 0 Å². The molecule has 0 radical (unpaired) electrons. The van der Waals surface area contributed by atoms with Gasteiger partial charge in [-0.2, -0.15) is 0 Å². The zero-order valence-electron chi connectivity index (χ0n) is 5.84. The van der Waals surface area contributed by atoms with Crippen LogP contribution in [-0.4, -0.2) is 13.0 Å². The Hall–Kier alpha value is -1.12. The molecule has 0 aliphatic carbocycles. The van der Waals surface area contributed by atoms with E-state index >= 15 is 0 Å². The van der Waals surface area contributed by atoms with Crippen LogP contribution in [-0.2, 0) is 0 Å². The summed E-state index contributed by atoms with van der Waals surface area (Å²) in [5, 5.41) is 0. The Balaban J connectivity index is 2.39. The van der Waals surface area contributed by atoms with Crippen molar-refractivity contribution >= 4 is 0 Å². The van der Waals surface area contributed by atoms with Crippen molar-refractivity contribution < 1.29 is 13.5 Å². The van der Waals surface area contributed by atoms with Gasteiger partial charge in [0.05, 0.1) is 0 Å². The largest absolute Gasteiger partial charge is 0.488 e. The summed E-state index contributed by atoms with van der Waals surface area (Å²) in [6, 6.07) is 8.56. The van der Waals surface area contributed by atoms with Gasteiger partial charge in [-0.05, 0) is 12.1 Å². The first-order valence-electron chi connectivity index (χ1n) is 3.25. The van der Waals surface area contributed by atoms with Crippen LogP contribution in [0.4, 0.5) is 8.78 Å². The standard InChI is InChI=1S/C8H8F2O/c9-8(10)6-11-7-4-2-1-3-5-7/h1-5,8H,6H2/i7+0. The van der Waals surface area contributed by atoms with Gasteiger partial charge < -0.3 is 4.74 Å². The van der Waals surface area contributed by atoms with Gasteiger partial charge in [0, 0.05) is 0 Å². The highest BCUT2D eigenvalue weighted by atomic mass is 19.3. The maximum absolute atomic E-state index is 11.6. The Morgan fingerprint density at radius 1 is 1.18 bits per heavy atom. The molecule has 1 aromatic carbocycles. The van der Waals surface area contributed by atoms with Crippen LogP contribution in [0.25, 0.3) is 0 Å². The lowest BCUT2D eigenvalue weighted by molar-refractivity contribution is 0.0819. The van der Waals surface area contributed by atoms with E-state index in [-0.39, 0.29) is 0 Å². The van der Waals surface area contributed by atoms with Crippen molar-refractivity contribution in [3.8, 4) is 5.75 Å². The minimum atomic E-state index is -2.41. The van der Waals surface area contributed by atoms with Gasteiger partial charge in [0.1, 0.15) is 12.4 Å². The van der Waals surface area contributed by atoms with Crippen molar-refractivity contribution in [3.63, 3.8) is 0 Å². The van der Waals surface area contributed by atoms with E-state index in [1.165, 1.54) is 0 Å². The third kappa shape index (κ3) is 2.98. The monoisotopic (exact) mass is 158 g/mol.